The molecule has 132 valence electrons. The third-order valence-electron chi connectivity index (χ3n) is 3.41. The van der Waals surface area contributed by atoms with E-state index in [1.165, 1.54) is 11.0 Å². The molecule has 0 unspecified atom stereocenters. The third-order valence-corrected chi connectivity index (χ3v) is 3.41. The normalized spacial score (nSPS) is 18.2. The minimum absolute atomic E-state index is 0.0814. The molecule has 1 N–H and O–H groups in total. The number of alkyl halides is 4. The largest absolute Gasteiger partial charge is 0.471 e. The van der Waals surface area contributed by atoms with Crippen LogP contribution in [0.5, 0.6) is 5.88 Å². The predicted molar refractivity (Wildman–Crippen MR) is 74.2 cm³/mol. The number of carbonyl (C=O) groups excluding carboxylic acids is 2. The van der Waals surface area contributed by atoms with Gasteiger partial charge in [0, 0.05) is 32.3 Å². The van der Waals surface area contributed by atoms with E-state index in [9.17, 15) is 27.2 Å². The van der Waals surface area contributed by atoms with E-state index >= 15 is 0 Å². The van der Waals surface area contributed by atoms with Gasteiger partial charge in [-0.05, 0) is 6.07 Å². The van der Waals surface area contributed by atoms with Gasteiger partial charge in [-0.2, -0.15) is 8.78 Å². The molecule has 1 fully saturated rings. The van der Waals surface area contributed by atoms with Gasteiger partial charge in [-0.1, -0.05) is 0 Å². The van der Waals surface area contributed by atoms with E-state index in [0.29, 0.717) is 6.54 Å². The summed E-state index contributed by atoms with van der Waals surface area (Å²) in [5.41, 5.74) is 0.130. The number of nitrogens with zero attached hydrogens (tertiary/aromatic N) is 2. The Hall–Kier alpha value is -2.39. The fourth-order valence-electron chi connectivity index (χ4n) is 2.06. The molecule has 24 heavy (non-hydrogen) atoms. The second-order valence-corrected chi connectivity index (χ2v) is 5.38. The van der Waals surface area contributed by atoms with Crippen LogP contribution in [0.4, 0.5) is 17.6 Å². The number of hydrogen-bond acceptors (Lipinski definition) is 4. The van der Waals surface area contributed by atoms with Gasteiger partial charge in [0.25, 0.3) is 5.91 Å². The maximum atomic E-state index is 12.7. The highest BCUT2D eigenvalue weighted by atomic mass is 19.3. The van der Waals surface area contributed by atoms with Crippen LogP contribution in [0.3, 0.4) is 0 Å². The Morgan fingerprint density at radius 2 is 2.21 bits per heavy atom. The van der Waals surface area contributed by atoms with Crippen LogP contribution in [0.2, 0.25) is 0 Å². The summed E-state index contributed by atoms with van der Waals surface area (Å²) in [6, 6.07) is 2.07. The number of nitrogens with one attached hydrogen (secondary N) is 1. The first-order valence-electron chi connectivity index (χ1n) is 6.98. The Kier molecular flexibility index (Phi) is 5.25. The van der Waals surface area contributed by atoms with Crippen LogP contribution in [0, 0.1) is 0 Å². The maximum absolute atomic E-state index is 12.7. The van der Waals surface area contributed by atoms with Crippen molar-refractivity contribution in [2.75, 3.05) is 20.2 Å². The molecule has 1 aromatic rings. The lowest BCUT2D eigenvalue weighted by Gasteiger charge is -2.15. The van der Waals surface area contributed by atoms with Crippen LogP contribution in [0.15, 0.2) is 18.3 Å². The summed E-state index contributed by atoms with van der Waals surface area (Å²) in [6.07, 6.45) is -2.57. The minimum atomic E-state index is -4.28. The predicted octanol–water partition coefficient (Wildman–Crippen LogP) is 1.32. The number of ether oxygens (including phenoxy) is 1. The van der Waals surface area contributed by atoms with E-state index in [0.717, 1.165) is 12.3 Å². The van der Waals surface area contributed by atoms with E-state index in [1.807, 2.05) is 0 Å². The zero-order valence-corrected chi connectivity index (χ0v) is 12.6. The zero-order valence-electron chi connectivity index (χ0n) is 12.6. The SMILES string of the molecule is CN1C[C@@H](NC(=O)c2ccc(OCC(F)(F)C(F)F)nc2)CC1=O. The average molecular weight is 349 g/mol. The Bertz CT molecular complexity index is 610. The van der Waals surface area contributed by atoms with Crippen molar-refractivity contribution in [1.82, 2.24) is 15.2 Å². The molecule has 2 heterocycles. The van der Waals surface area contributed by atoms with E-state index < -0.39 is 24.9 Å². The molecule has 0 bridgehead atoms. The molecule has 0 aromatic carbocycles. The lowest BCUT2D eigenvalue weighted by molar-refractivity contribution is -0.148. The molecule has 2 amide bonds. The summed E-state index contributed by atoms with van der Waals surface area (Å²) >= 11 is 0. The molecule has 6 nitrogen and oxygen atoms in total. The number of pyridine rings is 1. The molecule has 1 aliphatic heterocycles. The van der Waals surface area contributed by atoms with Gasteiger partial charge in [0.05, 0.1) is 11.6 Å². The fraction of sp³-hybridized carbons (Fsp3) is 0.500. The van der Waals surface area contributed by atoms with Crippen molar-refractivity contribution in [2.45, 2.75) is 24.8 Å². The van der Waals surface area contributed by atoms with Gasteiger partial charge in [0.15, 0.2) is 6.61 Å². The zero-order chi connectivity index (χ0) is 17.9. The smallest absolute Gasteiger partial charge is 0.340 e. The first-order valence-corrected chi connectivity index (χ1v) is 6.98. The van der Waals surface area contributed by atoms with Gasteiger partial charge in [0.2, 0.25) is 11.8 Å². The average Bonchev–Trinajstić information content (AvgIpc) is 2.83. The van der Waals surface area contributed by atoms with Crippen LogP contribution in [0.1, 0.15) is 16.8 Å². The molecule has 1 atom stereocenters. The van der Waals surface area contributed by atoms with Crippen molar-refractivity contribution < 1.29 is 31.9 Å². The van der Waals surface area contributed by atoms with Gasteiger partial charge in [0.1, 0.15) is 0 Å². The Balaban J connectivity index is 1.89. The Labute approximate surface area is 134 Å². The highest BCUT2D eigenvalue weighted by Gasteiger charge is 2.41. The summed E-state index contributed by atoms with van der Waals surface area (Å²) in [5.74, 6) is -5.15. The highest BCUT2D eigenvalue weighted by molar-refractivity contribution is 5.94. The molecule has 0 saturated carbocycles. The number of rotatable bonds is 6. The van der Waals surface area contributed by atoms with Gasteiger partial charge in [-0.25, -0.2) is 13.8 Å². The van der Waals surface area contributed by atoms with Crippen molar-refractivity contribution in [3.8, 4) is 5.88 Å². The van der Waals surface area contributed by atoms with E-state index in [1.54, 1.807) is 7.05 Å². The summed E-state index contributed by atoms with van der Waals surface area (Å²) in [5, 5.41) is 2.65. The van der Waals surface area contributed by atoms with Gasteiger partial charge in [-0.3, -0.25) is 9.59 Å². The van der Waals surface area contributed by atoms with Crippen molar-refractivity contribution in [3.63, 3.8) is 0 Å². The molecular weight excluding hydrogens is 334 g/mol. The molecule has 0 radical (unpaired) electrons. The van der Waals surface area contributed by atoms with Gasteiger partial charge < -0.3 is 15.0 Å². The molecule has 0 aliphatic carbocycles. The van der Waals surface area contributed by atoms with Crippen LogP contribution >= 0.6 is 0 Å². The lowest BCUT2D eigenvalue weighted by Crippen LogP contribution is -2.36. The standard InChI is InChI=1S/C14H15F4N3O3/c1-21-6-9(4-11(21)22)20-12(23)8-2-3-10(19-5-8)24-7-14(17,18)13(15)16/h2-3,5,9,13H,4,6-7H2,1H3,(H,20,23)/t9-/m0/s1. The van der Waals surface area contributed by atoms with Gasteiger partial charge >= 0.3 is 12.3 Å². The number of likely N-dealkylation sites (N-methyl/N-ethyl adjacent to an activating group) is 1. The van der Waals surface area contributed by atoms with Gasteiger partial charge in [-0.15, -0.1) is 0 Å². The number of halogens is 4. The van der Waals surface area contributed by atoms with Crippen LogP contribution in [0.25, 0.3) is 0 Å². The molecule has 1 saturated heterocycles. The Morgan fingerprint density at radius 1 is 1.50 bits per heavy atom. The van der Waals surface area contributed by atoms with E-state index in [-0.39, 0.29) is 29.8 Å². The van der Waals surface area contributed by atoms with Crippen molar-refractivity contribution in [3.05, 3.63) is 23.9 Å². The molecule has 10 heteroatoms. The number of amides is 2. The maximum Gasteiger partial charge on any atom is 0.340 e. The third kappa shape index (κ3) is 4.33. The summed E-state index contributed by atoms with van der Waals surface area (Å²) < 4.78 is 54.0. The number of carbonyl (C=O) groups is 2. The lowest BCUT2D eigenvalue weighted by atomic mass is 10.2. The summed E-state index contributed by atoms with van der Waals surface area (Å²) in [7, 11) is 1.62. The second-order valence-electron chi connectivity index (χ2n) is 5.38. The number of hydrogen-bond donors (Lipinski definition) is 1. The van der Waals surface area contributed by atoms with E-state index in [4.69, 9.17) is 0 Å². The topological polar surface area (TPSA) is 71.5 Å². The van der Waals surface area contributed by atoms with Crippen molar-refractivity contribution in [2.24, 2.45) is 0 Å². The van der Waals surface area contributed by atoms with Crippen LogP contribution in [-0.4, -0.2) is 60.3 Å². The number of aromatic nitrogens is 1. The minimum Gasteiger partial charge on any atom is -0.471 e. The molecule has 2 rings (SSSR count). The van der Waals surface area contributed by atoms with Crippen molar-refractivity contribution in [1.29, 1.82) is 0 Å². The molecule has 1 aliphatic rings. The Morgan fingerprint density at radius 3 is 2.71 bits per heavy atom. The molecule has 0 spiro atoms. The number of likely N-dealkylation sites (tertiary alicyclic amines) is 1. The van der Waals surface area contributed by atoms with E-state index in [2.05, 4.69) is 15.0 Å². The second kappa shape index (κ2) is 7.02. The van der Waals surface area contributed by atoms with Crippen LogP contribution < -0.4 is 10.1 Å². The molecular formula is C14H15F4N3O3. The quantitative estimate of drug-likeness (QED) is 0.787. The van der Waals surface area contributed by atoms with Crippen molar-refractivity contribution >= 4 is 11.8 Å². The summed E-state index contributed by atoms with van der Waals surface area (Å²) in [4.78, 5) is 28.5. The highest BCUT2D eigenvalue weighted by Crippen LogP contribution is 2.23. The first kappa shape index (κ1) is 18.0. The van der Waals surface area contributed by atoms with Crippen LogP contribution in [-0.2, 0) is 4.79 Å². The summed E-state index contributed by atoms with van der Waals surface area (Å²) in [6.45, 7) is -1.12. The fourth-order valence-corrected chi connectivity index (χ4v) is 2.06. The monoisotopic (exact) mass is 349 g/mol. The molecule has 1 aromatic heterocycles. The first-order chi connectivity index (χ1) is 11.2.